The van der Waals surface area contributed by atoms with Gasteiger partial charge in [-0.1, -0.05) is 6.07 Å². The standard InChI is InChI=1S/C16H22F2N2O/c1-19-10-16(21)20-9-3-4-12(11-20)7-8-13-14(17)5-2-6-15(13)18/h2,5-6,12,19H,3-4,7-11H2,1H3/t12-/m0/s1. The van der Waals surface area contributed by atoms with Gasteiger partial charge in [-0.15, -0.1) is 0 Å². The van der Waals surface area contributed by atoms with Crippen LogP contribution in [-0.2, 0) is 11.2 Å². The normalized spacial score (nSPS) is 18.8. The minimum Gasteiger partial charge on any atom is -0.341 e. The van der Waals surface area contributed by atoms with E-state index in [2.05, 4.69) is 5.32 Å². The molecule has 2 rings (SSSR count). The molecule has 116 valence electrons. The number of carbonyl (C=O) groups excluding carboxylic acids is 1. The van der Waals surface area contributed by atoms with Crippen LogP contribution in [0.3, 0.4) is 0 Å². The van der Waals surface area contributed by atoms with Gasteiger partial charge >= 0.3 is 0 Å². The molecular weight excluding hydrogens is 274 g/mol. The van der Waals surface area contributed by atoms with Crippen molar-refractivity contribution in [2.24, 2.45) is 5.92 Å². The minimum absolute atomic E-state index is 0.0965. The second-order valence-electron chi connectivity index (χ2n) is 5.62. The van der Waals surface area contributed by atoms with Gasteiger partial charge in [0.25, 0.3) is 0 Å². The molecule has 3 nitrogen and oxygen atoms in total. The molecule has 1 aromatic rings. The summed E-state index contributed by atoms with van der Waals surface area (Å²) in [6.45, 7) is 1.82. The molecule has 5 heteroatoms. The second kappa shape index (κ2) is 7.50. The summed E-state index contributed by atoms with van der Waals surface area (Å²) < 4.78 is 27.2. The van der Waals surface area contributed by atoms with E-state index in [1.54, 1.807) is 7.05 Å². The highest BCUT2D eigenvalue weighted by Gasteiger charge is 2.23. The van der Waals surface area contributed by atoms with Crippen molar-refractivity contribution in [1.29, 1.82) is 0 Å². The van der Waals surface area contributed by atoms with Crippen LogP contribution in [0.5, 0.6) is 0 Å². The number of nitrogens with one attached hydrogen (secondary N) is 1. The number of halogens is 2. The third-order valence-corrected chi connectivity index (χ3v) is 4.06. The molecule has 1 N–H and O–H groups in total. The Morgan fingerprint density at radius 3 is 2.76 bits per heavy atom. The lowest BCUT2D eigenvalue weighted by Gasteiger charge is -2.33. The van der Waals surface area contributed by atoms with Crippen LogP contribution in [0.25, 0.3) is 0 Å². The second-order valence-corrected chi connectivity index (χ2v) is 5.62. The smallest absolute Gasteiger partial charge is 0.236 e. The SMILES string of the molecule is CNCC(=O)N1CCC[C@@H](CCc2c(F)cccc2F)C1. The predicted octanol–water partition coefficient (Wildman–Crippen LogP) is 2.36. The Morgan fingerprint density at radius 2 is 2.10 bits per heavy atom. The number of hydrogen-bond acceptors (Lipinski definition) is 2. The Balaban J connectivity index is 1.90. The van der Waals surface area contributed by atoms with E-state index in [1.165, 1.54) is 18.2 Å². The Labute approximate surface area is 124 Å². The first-order valence-electron chi connectivity index (χ1n) is 7.47. The molecule has 0 spiro atoms. The summed E-state index contributed by atoms with van der Waals surface area (Å²) in [6, 6.07) is 3.97. The fourth-order valence-electron chi connectivity index (χ4n) is 2.91. The first-order chi connectivity index (χ1) is 10.1. The van der Waals surface area contributed by atoms with Crippen molar-refractivity contribution in [3.05, 3.63) is 35.4 Å². The van der Waals surface area contributed by atoms with E-state index in [4.69, 9.17) is 0 Å². The van der Waals surface area contributed by atoms with Gasteiger partial charge in [0.15, 0.2) is 0 Å². The molecule has 0 unspecified atom stereocenters. The summed E-state index contributed by atoms with van der Waals surface area (Å²) in [7, 11) is 1.75. The largest absolute Gasteiger partial charge is 0.341 e. The molecule has 1 fully saturated rings. The van der Waals surface area contributed by atoms with Gasteiger partial charge in [0, 0.05) is 18.7 Å². The van der Waals surface area contributed by atoms with Crippen molar-refractivity contribution in [2.75, 3.05) is 26.7 Å². The van der Waals surface area contributed by atoms with Crippen LogP contribution in [0.2, 0.25) is 0 Å². The van der Waals surface area contributed by atoms with Crippen molar-refractivity contribution < 1.29 is 13.6 Å². The van der Waals surface area contributed by atoms with Crippen molar-refractivity contribution >= 4 is 5.91 Å². The van der Waals surface area contributed by atoms with Crippen LogP contribution in [0.1, 0.15) is 24.8 Å². The quantitative estimate of drug-likeness (QED) is 0.904. The highest BCUT2D eigenvalue weighted by atomic mass is 19.1. The summed E-state index contributed by atoms with van der Waals surface area (Å²) >= 11 is 0. The Kier molecular flexibility index (Phi) is 5.67. The van der Waals surface area contributed by atoms with Gasteiger partial charge in [-0.2, -0.15) is 0 Å². The van der Waals surface area contributed by atoms with Gasteiger partial charge in [-0.25, -0.2) is 8.78 Å². The van der Waals surface area contributed by atoms with E-state index in [1.807, 2.05) is 4.90 Å². The summed E-state index contributed by atoms with van der Waals surface area (Å²) in [5.41, 5.74) is 0.163. The topological polar surface area (TPSA) is 32.3 Å². The van der Waals surface area contributed by atoms with Crippen molar-refractivity contribution in [1.82, 2.24) is 10.2 Å². The zero-order valence-corrected chi connectivity index (χ0v) is 12.4. The minimum atomic E-state index is -0.478. The highest BCUT2D eigenvalue weighted by molar-refractivity contribution is 5.78. The predicted molar refractivity (Wildman–Crippen MR) is 77.9 cm³/mol. The first kappa shape index (κ1) is 15.9. The van der Waals surface area contributed by atoms with E-state index < -0.39 is 11.6 Å². The summed E-state index contributed by atoms with van der Waals surface area (Å²) in [6.07, 6.45) is 3.07. The molecule has 1 heterocycles. The van der Waals surface area contributed by atoms with Crippen molar-refractivity contribution in [3.8, 4) is 0 Å². The van der Waals surface area contributed by atoms with Crippen LogP contribution in [0.15, 0.2) is 18.2 Å². The Bertz CT molecular complexity index is 473. The fraction of sp³-hybridized carbons (Fsp3) is 0.562. The summed E-state index contributed by atoms with van der Waals surface area (Å²) in [5, 5.41) is 2.86. The number of likely N-dealkylation sites (N-methyl/N-ethyl adjacent to an activating group) is 1. The number of carbonyl (C=O) groups is 1. The molecule has 1 aromatic carbocycles. The third-order valence-electron chi connectivity index (χ3n) is 4.06. The number of benzene rings is 1. The maximum atomic E-state index is 13.6. The average molecular weight is 296 g/mol. The average Bonchev–Trinajstić information content (AvgIpc) is 2.47. The van der Waals surface area contributed by atoms with Crippen molar-refractivity contribution in [3.63, 3.8) is 0 Å². The number of nitrogens with zero attached hydrogens (tertiary/aromatic N) is 1. The maximum Gasteiger partial charge on any atom is 0.236 e. The maximum absolute atomic E-state index is 13.6. The Hall–Kier alpha value is -1.49. The Morgan fingerprint density at radius 1 is 1.38 bits per heavy atom. The van der Waals surface area contributed by atoms with E-state index in [0.29, 0.717) is 31.8 Å². The lowest BCUT2D eigenvalue weighted by Crippen LogP contribution is -2.43. The lowest BCUT2D eigenvalue weighted by atomic mass is 9.91. The van der Waals surface area contributed by atoms with Crippen LogP contribution in [-0.4, -0.2) is 37.5 Å². The molecule has 1 aliphatic rings. The number of likely N-dealkylation sites (tertiary alicyclic amines) is 1. The number of piperidine rings is 1. The van der Waals surface area contributed by atoms with Gasteiger partial charge in [-0.05, 0) is 50.8 Å². The number of hydrogen-bond donors (Lipinski definition) is 1. The monoisotopic (exact) mass is 296 g/mol. The van der Waals surface area contributed by atoms with Crippen LogP contribution in [0, 0.1) is 17.6 Å². The number of amides is 1. The molecule has 0 aromatic heterocycles. The molecule has 21 heavy (non-hydrogen) atoms. The van der Waals surface area contributed by atoms with Crippen LogP contribution < -0.4 is 5.32 Å². The lowest BCUT2D eigenvalue weighted by molar-refractivity contribution is -0.132. The van der Waals surface area contributed by atoms with Gasteiger partial charge in [0.2, 0.25) is 5.91 Å². The first-order valence-corrected chi connectivity index (χ1v) is 7.47. The molecule has 0 saturated carbocycles. The fourth-order valence-corrected chi connectivity index (χ4v) is 2.91. The van der Waals surface area contributed by atoms with E-state index in [9.17, 15) is 13.6 Å². The molecule has 1 aliphatic heterocycles. The van der Waals surface area contributed by atoms with E-state index in [-0.39, 0.29) is 11.5 Å². The number of rotatable bonds is 5. The van der Waals surface area contributed by atoms with Gasteiger partial charge in [-0.3, -0.25) is 4.79 Å². The zero-order valence-electron chi connectivity index (χ0n) is 12.4. The van der Waals surface area contributed by atoms with Crippen LogP contribution in [0.4, 0.5) is 8.78 Å². The zero-order chi connectivity index (χ0) is 15.2. The van der Waals surface area contributed by atoms with E-state index >= 15 is 0 Å². The van der Waals surface area contributed by atoms with Crippen LogP contribution >= 0.6 is 0 Å². The summed E-state index contributed by atoms with van der Waals surface area (Å²) in [4.78, 5) is 13.7. The van der Waals surface area contributed by atoms with Gasteiger partial charge < -0.3 is 10.2 Å². The third kappa shape index (κ3) is 4.24. The highest BCUT2D eigenvalue weighted by Crippen LogP contribution is 2.23. The molecule has 1 atom stereocenters. The van der Waals surface area contributed by atoms with E-state index in [0.717, 1.165) is 19.4 Å². The van der Waals surface area contributed by atoms with Crippen molar-refractivity contribution in [2.45, 2.75) is 25.7 Å². The molecule has 0 radical (unpaired) electrons. The van der Waals surface area contributed by atoms with Gasteiger partial charge in [0.05, 0.1) is 6.54 Å². The molecule has 0 bridgehead atoms. The molecule has 1 saturated heterocycles. The van der Waals surface area contributed by atoms with Gasteiger partial charge in [0.1, 0.15) is 11.6 Å². The molecule has 1 amide bonds. The summed E-state index contributed by atoms with van der Waals surface area (Å²) in [5.74, 6) is -0.541. The molecular formula is C16H22F2N2O. The molecule has 0 aliphatic carbocycles.